The number of carbonyl (C=O) groups excluding carboxylic acids is 4. The first-order valence-electron chi connectivity index (χ1n) is 16.3. The second kappa shape index (κ2) is 20.2. The van der Waals surface area contributed by atoms with E-state index < -0.39 is 0 Å². The fourth-order valence-electron chi connectivity index (χ4n) is 5.24. The van der Waals surface area contributed by atoms with Gasteiger partial charge in [0.15, 0.2) is 11.5 Å². The third-order valence-corrected chi connectivity index (χ3v) is 7.80. The van der Waals surface area contributed by atoms with Gasteiger partial charge >= 0.3 is 0 Å². The number of ether oxygens (including phenoxy) is 2. The van der Waals surface area contributed by atoms with Gasteiger partial charge in [0, 0.05) is 58.3 Å². The molecule has 1 aromatic heterocycles. The van der Waals surface area contributed by atoms with Gasteiger partial charge in [0.1, 0.15) is 5.69 Å². The monoisotopic (exact) mass is 663 g/mol. The fraction of sp³-hybridized carbons (Fsp3) is 0.457. The van der Waals surface area contributed by atoms with Crippen molar-refractivity contribution in [1.29, 1.82) is 0 Å². The Kier molecular flexibility index (Phi) is 15.8. The van der Waals surface area contributed by atoms with Crippen molar-refractivity contribution in [2.45, 2.75) is 64.3 Å². The van der Waals surface area contributed by atoms with Crippen LogP contribution in [0, 0.1) is 6.92 Å². The first-order chi connectivity index (χ1) is 23.3. The van der Waals surface area contributed by atoms with E-state index in [9.17, 15) is 19.2 Å². The predicted octanol–water partition coefficient (Wildman–Crippen LogP) is 4.12. The summed E-state index contributed by atoms with van der Waals surface area (Å²) in [6.45, 7) is 3.63. The SMILES string of the molecule is CN/C=C(\C=C\CCCCCNC=O)NC(=O)c1cc(NC(=O)CCCOc2cc(/N=C\C3CCCN3C=O)c(C)cc2OC)cn1C. The van der Waals surface area contributed by atoms with E-state index >= 15 is 0 Å². The molecule has 0 saturated carbocycles. The molecule has 0 aliphatic carbocycles. The molecule has 4 amide bonds. The molecule has 2 heterocycles. The number of anilines is 1. The lowest BCUT2D eigenvalue weighted by Crippen LogP contribution is -2.28. The van der Waals surface area contributed by atoms with Crippen molar-refractivity contribution < 1.29 is 28.7 Å². The van der Waals surface area contributed by atoms with Crippen molar-refractivity contribution in [2.24, 2.45) is 12.0 Å². The van der Waals surface area contributed by atoms with Crippen LogP contribution in [-0.2, 0) is 21.4 Å². The van der Waals surface area contributed by atoms with Gasteiger partial charge in [-0.05, 0) is 69.2 Å². The Bertz CT molecular complexity index is 1470. The minimum Gasteiger partial charge on any atom is -0.493 e. The number of methoxy groups -OCH3 is 1. The number of carbonyl (C=O) groups is 4. The molecule has 1 saturated heterocycles. The second-order valence-electron chi connectivity index (χ2n) is 11.5. The van der Waals surface area contributed by atoms with Gasteiger partial charge in [-0.2, -0.15) is 0 Å². The minimum absolute atomic E-state index is 0.0120. The number of nitrogens with zero attached hydrogens (tertiary/aromatic N) is 3. The number of unbranched alkanes of at least 4 members (excludes halogenated alkanes) is 3. The number of rotatable bonds is 21. The number of nitrogens with one attached hydrogen (secondary N) is 4. The number of benzene rings is 1. The Morgan fingerprint density at radius 1 is 1.10 bits per heavy atom. The summed E-state index contributed by atoms with van der Waals surface area (Å²) in [5, 5.41) is 11.4. The van der Waals surface area contributed by atoms with Gasteiger partial charge in [0.05, 0.1) is 36.8 Å². The zero-order valence-electron chi connectivity index (χ0n) is 28.4. The minimum atomic E-state index is -0.308. The molecule has 1 aliphatic rings. The molecule has 4 N–H and O–H groups in total. The van der Waals surface area contributed by atoms with Crippen molar-refractivity contribution in [3.63, 3.8) is 0 Å². The summed E-state index contributed by atoms with van der Waals surface area (Å²) in [7, 11) is 5.07. The average Bonchev–Trinajstić information content (AvgIpc) is 3.69. The number of hydrogen-bond acceptors (Lipinski definition) is 8. The largest absolute Gasteiger partial charge is 0.493 e. The Balaban J connectivity index is 1.48. The molecular formula is C35H49N7O6. The maximum Gasteiger partial charge on any atom is 0.272 e. The zero-order chi connectivity index (χ0) is 34.7. The third-order valence-electron chi connectivity index (χ3n) is 7.80. The number of likely N-dealkylation sites (tertiary alicyclic amines) is 1. The predicted molar refractivity (Wildman–Crippen MR) is 187 cm³/mol. The van der Waals surface area contributed by atoms with Crippen molar-refractivity contribution in [3.05, 3.63) is 59.7 Å². The molecule has 260 valence electrons. The van der Waals surface area contributed by atoms with Crippen molar-refractivity contribution in [1.82, 2.24) is 25.4 Å². The number of allylic oxidation sites excluding steroid dienone is 2. The summed E-state index contributed by atoms with van der Waals surface area (Å²) < 4.78 is 13.1. The highest BCUT2D eigenvalue weighted by molar-refractivity contribution is 5.97. The summed E-state index contributed by atoms with van der Waals surface area (Å²) in [5.41, 5.74) is 3.17. The Morgan fingerprint density at radius 2 is 1.94 bits per heavy atom. The number of aryl methyl sites for hydroxylation is 2. The Labute approximate surface area is 282 Å². The molecule has 1 unspecified atom stereocenters. The molecule has 0 radical (unpaired) electrons. The van der Waals surface area contributed by atoms with E-state index in [2.05, 4.69) is 26.3 Å². The Hall–Kier alpha value is -5.07. The number of hydrogen-bond donors (Lipinski definition) is 4. The van der Waals surface area contributed by atoms with Crippen molar-refractivity contribution in [3.8, 4) is 11.5 Å². The molecule has 0 bridgehead atoms. The van der Waals surface area contributed by atoms with Crippen LogP contribution in [0.1, 0.15) is 67.4 Å². The van der Waals surface area contributed by atoms with E-state index in [1.807, 2.05) is 31.2 Å². The van der Waals surface area contributed by atoms with Crippen LogP contribution in [0.5, 0.6) is 11.5 Å². The summed E-state index contributed by atoms with van der Waals surface area (Å²) in [6, 6.07) is 5.29. The molecule has 1 fully saturated rings. The van der Waals surface area contributed by atoms with Gasteiger partial charge < -0.3 is 40.2 Å². The lowest BCUT2D eigenvalue weighted by atomic mass is 10.1. The number of aromatic nitrogens is 1. The average molecular weight is 664 g/mol. The molecule has 13 heteroatoms. The lowest BCUT2D eigenvalue weighted by Gasteiger charge is -2.16. The topological polar surface area (TPSA) is 155 Å². The standard InChI is InChI=1S/C35H49N7O6/c1-26-18-32(47-4)33(20-30(26)38-22-29-13-10-16-42(29)25-44)48-17-11-14-34(45)39-28-19-31(41(3)23-28)35(46)40-27(21-36-2)12-8-6-5-7-9-15-37-24-43/h8,12,18-25,29,36H,5-7,9-11,13-17H2,1-4H3,(H,37,43)(H,39,45)(H,40,46)/b12-8+,27-21+,38-22-. The maximum atomic E-state index is 13.0. The summed E-state index contributed by atoms with van der Waals surface area (Å²) in [4.78, 5) is 53.7. The van der Waals surface area contributed by atoms with E-state index in [1.165, 1.54) is 0 Å². The van der Waals surface area contributed by atoms with Gasteiger partial charge in [0.2, 0.25) is 18.7 Å². The molecule has 1 aromatic carbocycles. The van der Waals surface area contributed by atoms with Gasteiger partial charge in [0.25, 0.3) is 5.91 Å². The molecular weight excluding hydrogens is 614 g/mol. The van der Waals surface area contributed by atoms with Crippen molar-refractivity contribution >= 4 is 42.2 Å². The lowest BCUT2D eigenvalue weighted by molar-refractivity contribution is -0.118. The van der Waals surface area contributed by atoms with Crippen LogP contribution in [0.4, 0.5) is 11.4 Å². The van der Waals surface area contributed by atoms with E-state index in [-0.39, 0.29) is 30.9 Å². The molecule has 13 nitrogen and oxygen atoms in total. The molecule has 1 atom stereocenters. The maximum absolute atomic E-state index is 13.0. The first kappa shape index (κ1) is 37.4. The number of amides is 4. The third kappa shape index (κ3) is 11.9. The summed E-state index contributed by atoms with van der Waals surface area (Å²) in [6.07, 6.45) is 16.9. The van der Waals surface area contributed by atoms with Crippen LogP contribution in [0.3, 0.4) is 0 Å². The molecule has 48 heavy (non-hydrogen) atoms. The van der Waals surface area contributed by atoms with E-state index in [4.69, 9.17) is 9.47 Å². The summed E-state index contributed by atoms with van der Waals surface area (Å²) in [5.74, 6) is 0.592. The molecule has 1 aliphatic heterocycles. The molecule has 3 rings (SSSR count). The zero-order valence-corrected chi connectivity index (χ0v) is 28.4. The van der Waals surface area contributed by atoms with Crippen LogP contribution >= 0.6 is 0 Å². The normalized spacial score (nSPS) is 14.7. The first-order valence-corrected chi connectivity index (χ1v) is 16.3. The molecule has 0 spiro atoms. The van der Waals surface area contributed by atoms with Crippen LogP contribution in [0.25, 0.3) is 0 Å². The van der Waals surface area contributed by atoms with E-state index in [0.29, 0.717) is 48.0 Å². The Morgan fingerprint density at radius 3 is 2.69 bits per heavy atom. The van der Waals surface area contributed by atoms with Gasteiger partial charge in [-0.15, -0.1) is 0 Å². The highest BCUT2D eigenvalue weighted by atomic mass is 16.5. The van der Waals surface area contributed by atoms with Gasteiger partial charge in [-0.1, -0.05) is 12.5 Å². The van der Waals surface area contributed by atoms with Crippen LogP contribution in [0.15, 0.2) is 53.4 Å². The highest BCUT2D eigenvalue weighted by Crippen LogP contribution is 2.35. The van der Waals surface area contributed by atoms with Crippen LogP contribution < -0.4 is 30.7 Å². The van der Waals surface area contributed by atoms with Gasteiger partial charge in [-0.3, -0.25) is 24.2 Å². The summed E-state index contributed by atoms with van der Waals surface area (Å²) >= 11 is 0. The highest BCUT2D eigenvalue weighted by Gasteiger charge is 2.21. The van der Waals surface area contributed by atoms with Crippen LogP contribution in [0.2, 0.25) is 0 Å². The van der Waals surface area contributed by atoms with Crippen LogP contribution in [-0.4, -0.2) is 80.2 Å². The fourth-order valence-corrected chi connectivity index (χ4v) is 5.24. The quantitative estimate of drug-likeness (QED) is 0.0678. The van der Waals surface area contributed by atoms with Crippen molar-refractivity contribution in [2.75, 3.05) is 39.2 Å². The smallest absolute Gasteiger partial charge is 0.272 e. The second-order valence-corrected chi connectivity index (χ2v) is 11.5. The number of aliphatic imine (C=N–C) groups is 1. The van der Waals surface area contributed by atoms with E-state index in [1.54, 1.807) is 55.3 Å². The molecule has 2 aromatic rings. The van der Waals surface area contributed by atoms with E-state index in [0.717, 1.165) is 62.7 Å². The van der Waals surface area contributed by atoms with Gasteiger partial charge in [-0.25, -0.2) is 0 Å².